The maximum Gasteiger partial charge on any atom is 0.277 e. The number of carbonyl (C=O) groups excluding carboxylic acids is 1. The number of anilines is 1. The average Bonchev–Trinajstić information content (AvgIpc) is 3.18. The summed E-state index contributed by atoms with van der Waals surface area (Å²) in [5, 5.41) is 19.5. The summed E-state index contributed by atoms with van der Waals surface area (Å²) >= 11 is 0. The number of para-hydroxylation sites is 1. The number of aryl methyl sites for hydroxylation is 2. The minimum absolute atomic E-state index is 0.272. The molecule has 0 spiro atoms. The lowest BCUT2D eigenvalue weighted by molar-refractivity contribution is 0.102. The standard InChI is InChI=1S/C17H15N7O/c1-11-10-16(24(21-11)13-6-4-3-5-7-13)18-17(25)14-8-9-15-20-19-12(2)23(15)22-14/h3-10H,1-2H3,(H,18,25). The zero-order valence-corrected chi connectivity index (χ0v) is 13.7. The lowest BCUT2D eigenvalue weighted by Crippen LogP contribution is -2.17. The van der Waals surface area contributed by atoms with Crippen LogP contribution in [0.2, 0.25) is 0 Å². The van der Waals surface area contributed by atoms with Gasteiger partial charge in [-0.1, -0.05) is 18.2 Å². The van der Waals surface area contributed by atoms with Gasteiger partial charge in [-0.15, -0.1) is 10.2 Å². The summed E-state index contributed by atoms with van der Waals surface area (Å²) in [5.74, 6) is 0.873. The molecule has 0 saturated heterocycles. The Bertz CT molecular complexity index is 1070. The monoisotopic (exact) mass is 333 g/mol. The summed E-state index contributed by atoms with van der Waals surface area (Å²) < 4.78 is 3.23. The Labute approximate surface area is 143 Å². The van der Waals surface area contributed by atoms with E-state index < -0.39 is 0 Å². The van der Waals surface area contributed by atoms with Crippen LogP contribution in [0.15, 0.2) is 48.5 Å². The van der Waals surface area contributed by atoms with Crippen molar-refractivity contribution in [3.05, 3.63) is 65.7 Å². The number of hydrogen-bond acceptors (Lipinski definition) is 5. The minimum Gasteiger partial charge on any atom is -0.305 e. The number of amides is 1. The van der Waals surface area contributed by atoms with Crippen LogP contribution < -0.4 is 5.32 Å². The number of carbonyl (C=O) groups is 1. The summed E-state index contributed by atoms with van der Waals surface area (Å²) in [6.07, 6.45) is 0. The predicted molar refractivity (Wildman–Crippen MR) is 91.8 cm³/mol. The van der Waals surface area contributed by atoms with E-state index in [1.807, 2.05) is 43.3 Å². The van der Waals surface area contributed by atoms with Crippen molar-refractivity contribution in [3.63, 3.8) is 0 Å². The molecule has 0 fully saturated rings. The van der Waals surface area contributed by atoms with Gasteiger partial charge in [-0.25, -0.2) is 4.68 Å². The maximum absolute atomic E-state index is 12.6. The van der Waals surface area contributed by atoms with Crippen LogP contribution in [0, 0.1) is 13.8 Å². The molecule has 8 nitrogen and oxygen atoms in total. The first-order valence-corrected chi connectivity index (χ1v) is 7.74. The van der Waals surface area contributed by atoms with Crippen LogP contribution >= 0.6 is 0 Å². The molecule has 0 aliphatic carbocycles. The van der Waals surface area contributed by atoms with E-state index >= 15 is 0 Å². The molecule has 1 aromatic carbocycles. The predicted octanol–water partition coefficient (Wildman–Crippen LogP) is 2.18. The second-order valence-corrected chi connectivity index (χ2v) is 5.61. The number of nitrogens with one attached hydrogen (secondary N) is 1. The third-order valence-electron chi connectivity index (χ3n) is 3.73. The van der Waals surface area contributed by atoms with E-state index in [4.69, 9.17) is 0 Å². The quantitative estimate of drug-likeness (QED) is 0.620. The van der Waals surface area contributed by atoms with Gasteiger partial charge in [0.1, 0.15) is 11.5 Å². The topological polar surface area (TPSA) is 90.0 Å². The highest BCUT2D eigenvalue weighted by Gasteiger charge is 2.15. The van der Waals surface area contributed by atoms with Crippen molar-refractivity contribution in [3.8, 4) is 5.69 Å². The molecule has 8 heteroatoms. The van der Waals surface area contributed by atoms with Crippen LogP contribution in [0.1, 0.15) is 22.0 Å². The van der Waals surface area contributed by atoms with Crippen molar-refractivity contribution in [2.75, 3.05) is 5.32 Å². The van der Waals surface area contributed by atoms with Gasteiger partial charge in [0, 0.05) is 6.07 Å². The molecule has 0 radical (unpaired) electrons. The summed E-state index contributed by atoms with van der Waals surface area (Å²) in [6.45, 7) is 3.66. The van der Waals surface area contributed by atoms with E-state index in [2.05, 4.69) is 25.7 Å². The van der Waals surface area contributed by atoms with Crippen molar-refractivity contribution in [2.45, 2.75) is 13.8 Å². The Hall–Kier alpha value is -3.55. The first-order chi connectivity index (χ1) is 12.1. The van der Waals surface area contributed by atoms with E-state index in [-0.39, 0.29) is 11.6 Å². The van der Waals surface area contributed by atoms with E-state index in [0.717, 1.165) is 11.4 Å². The summed E-state index contributed by atoms with van der Waals surface area (Å²) in [5.41, 5.74) is 2.54. The minimum atomic E-state index is -0.327. The van der Waals surface area contributed by atoms with Gasteiger partial charge in [0.2, 0.25) is 0 Å². The van der Waals surface area contributed by atoms with Crippen molar-refractivity contribution in [1.29, 1.82) is 0 Å². The fraction of sp³-hybridized carbons (Fsp3) is 0.118. The Balaban J connectivity index is 1.67. The Morgan fingerprint density at radius 1 is 1.00 bits per heavy atom. The van der Waals surface area contributed by atoms with Gasteiger partial charge in [-0.05, 0) is 38.1 Å². The number of benzene rings is 1. The highest BCUT2D eigenvalue weighted by atomic mass is 16.2. The summed E-state index contributed by atoms with van der Waals surface area (Å²) in [4.78, 5) is 12.6. The molecule has 0 unspecified atom stereocenters. The van der Waals surface area contributed by atoms with Crippen molar-refractivity contribution in [2.24, 2.45) is 0 Å². The molecule has 1 N–H and O–H groups in total. The van der Waals surface area contributed by atoms with Gasteiger partial charge in [0.15, 0.2) is 11.5 Å². The third kappa shape index (κ3) is 2.74. The molecule has 4 aromatic rings. The molecule has 4 rings (SSSR count). The highest BCUT2D eigenvalue weighted by molar-refractivity contribution is 6.02. The smallest absolute Gasteiger partial charge is 0.277 e. The molecule has 0 aliphatic heterocycles. The number of rotatable bonds is 3. The van der Waals surface area contributed by atoms with E-state index in [1.54, 1.807) is 23.7 Å². The molecule has 124 valence electrons. The molecular weight excluding hydrogens is 318 g/mol. The van der Waals surface area contributed by atoms with Gasteiger partial charge < -0.3 is 5.32 Å². The number of aromatic nitrogens is 6. The van der Waals surface area contributed by atoms with Crippen LogP contribution in [-0.4, -0.2) is 35.5 Å². The van der Waals surface area contributed by atoms with Crippen LogP contribution in [0.25, 0.3) is 11.3 Å². The van der Waals surface area contributed by atoms with Crippen molar-refractivity contribution in [1.82, 2.24) is 29.6 Å². The van der Waals surface area contributed by atoms with Gasteiger partial charge in [-0.3, -0.25) is 4.79 Å². The van der Waals surface area contributed by atoms with E-state index in [1.165, 1.54) is 4.52 Å². The molecule has 25 heavy (non-hydrogen) atoms. The first kappa shape index (κ1) is 15.0. The van der Waals surface area contributed by atoms with Gasteiger partial charge in [0.05, 0.1) is 11.4 Å². The molecule has 0 bridgehead atoms. The van der Waals surface area contributed by atoms with Crippen LogP contribution in [-0.2, 0) is 0 Å². The number of fused-ring (bicyclic) bond motifs is 1. The molecule has 0 aliphatic rings. The van der Waals surface area contributed by atoms with Crippen LogP contribution in [0.4, 0.5) is 5.82 Å². The zero-order chi connectivity index (χ0) is 17.4. The first-order valence-electron chi connectivity index (χ1n) is 7.74. The second kappa shape index (κ2) is 5.82. The second-order valence-electron chi connectivity index (χ2n) is 5.61. The Morgan fingerprint density at radius 2 is 1.80 bits per heavy atom. The third-order valence-corrected chi connectivity index (χ3v) is 3.73. The molecule has 0 atom stereocenters. The van der Waals surface area contributed by atoms with E-state index in [0.29, 0.717) is 17.3 Å². The molecular formula is C17H15N7O. The summed E-state index contributed by atoms with van der Waals surface area (Å²) in [6, 6.07) is 14.8. The Kier molecular flexibility index (Phi) is 3.50. The maximum atomic E-state index is 12.6. The van der Waals surface area contributed by atoms with Crippen LogP contribution in [0.5, 0.6) is 0 Å². The largest absolute Gasteiger partial charge is 0.305 e. The lowest BCUT2D eigenvalue weighted by atomic mass is 10.3. The van der Waals surface area contributed by atoms with Crippen molar-refractivity contribution < 1.29 is 4.79 Å². The SMILES string of the molecule is Cc1cc(NC(=O)c2ccc3nnc(C)n3n2)n(-c2ccccc2)n1. The molecule has 0 saturated carbocycles. The lowest BCUT2D eigenvalue weighted by Gasteiger charge is -2.08. The molecule has 1 amide bonds. The van der Waals surface area contributed by atoms with Gasteiger partial charge in [0.25, 0.3) is 5.91 Å². The average molecular weight is 333 g/mol. The number of nitrogens with zero attached hydrogens (tertiary/aromatic N) is 6. The highest BCUT2D eigenvalue weighted by Crippen LogP contribution is 2.17. The van der Waals surface area contributed by atoms with Gasteiger partial charge in [-0.2, -0.15) is 14.7 Å². The molecule has 3 aromatic heterocycles. The van der Waals surface area contributed by atoms with Crippen LogP contribution in [0.3, 0.4) is 0 Å². The summed E-state index contributed by atoms with van der Waals surface area (Å²) in [7, 11) is 0. The van der Waals surface area contributed by atoms with Crippen molar-refractivity contribution >= 4 is 17.4 Å². The Morgan fingerprint density at radius 3 is 2.60 bits per heavy atom. The van der Waals surface area contributed by atoms with Gasteiger partial charge >= 0.3 is 0 Å². The zero-order valence-electron chi connectivity index (χ0n) is 13.7. The van der Waals surface area contributed by atoms with E-state index in [9.17, 15) is 4.79 Å². The fourth-order valence-corrected chi connectivity index (χ4v) is 2.55. The fourth-order valence-electron chi connectivity index (χ4n) is 2.55. The number of hydrogen-bond donors (Lipinski definition) is 1. The normalized spacial score (nSPS) is 11.0. The molecule has 3 heterocycles.